The van der Waals surface area contributed by atoms with Gasteiger partial charge in [0.1, 0.15) is 6.61 Å². The molecule has 0 atom stereocenters. The Bertz CT molecular complexity index is 504. The Labute approximate surface area is 196 Å². The van der Waals surface area contributed by atoms with Crippen molar-refractivity contribution < 1.29 is 9.53 Å². The summed E-state index contributed by atoms with van der Waals surface area (Å²) < 4.78 is 5.00. The van der Waals surface area contributed by atoms with Gasteiger partial charge in [0.25, 0.3) is 0 Å². The van der Waals surface area contributed by atoms with E-state index in [1.807, 2.05) is 12.1 Å². The summed E-state index contributed by atoms with van der Waals surface area (Å²) in [6, 6.07) is 8.14. The van der Waals surface area contributed by atoms with E-state index in [2.05, 4.69) is 24.4 Å². The molecule has 30 heavy (non-hydrogen) atoms. The maximum atomic E-state index is 10.8. The van der Waals surface area contributed by atoms with Gasteiger partial charge >= 0.3 is 5.97 Å². The minimum atomic E-state index is -0.236. The third kappa shape index (κ3) is 17.8. The van der Waals surface area contributed by atoms with Crippen molar-refractivity contribution in [1.29, 1.82) is 0 Å². The minimum Gasteiger partial charge on any atom is -0.461 e. The molecule has 3 nitrogen and oxygen atoms in total. The Morgan fingerprint density at radius 2 is 1.17 bits per heavy atom. The summed E-state index contributed by atoms with van der Waals surface area (Å²) >= 11 is 0. The van der Waals surface area contributed by atoms with E-state index < -0.39 is 0 Å². The van der Waals surface area contributed by atoms with Crippen LogP contribution < -0.4 is 5.32 Å². The Morgan fingerprint density at radius 1 is 0.733 bits per heavy atom. The second-order valence-electron chi connectivity index (χ2n) is 8.35. The molecule has 1 aromatic carbocycles. The monoisotopic (exact) mass is 483 g/mol. The molecule has 1 rings (SSSR count). The number of rotatable bonds is 19. The number of halogens is 1. The van der Waals surface area contributed by atoms with E-state index in [-0.39, 0.29) is 23.0 Å². The largest absolute Gasteiger partial charge is 0.461 e. The predicted octanol–water partition coefficient (Wildman–Crippen LogP) is 8.61. The number of carbonyl (C=O) groups is 1. The van der Waals surface area contributed by atoms with Crippen LogP contribution in [0.5, 0.6) is 0 Å². The second kappa shape index (κ2) is 21.2. The van der Waals surface area contributed by atoms with Crippen LogP contribution >= 0.6 is 17.0 Å². The normalized spacial score (nSPS) is 10.5. The first-order valence-corrected chi connectivity index (χ1v) is 12.2. The molecule has 0 aliphatic rings. The van der Waals surface area contributed by atoms with E-state index in [0.717, 1.165) is 17.8 Å². The fourth-order valence-electron chi connectivity index (χ4n) is 3.63. The number of hydrogen-bond acceptors (Lipinski definition) is 3. The van der Waals surface area contributed by atoms with E-state index in [1.54, 1.807) is 0 Å². The molecule has 0 heterocycles. The third-order valence-electron chi connectivity index (χ3n) is 5.51. The van der Waals surface area contributed by atoms with Crippen LogP contribution in [0.3, 0.4) is 0 Å². The first-order chi connectivity index (χ1) is 14.2. The highest BCUT2D eigenvalue weighted by Crippen LogP contribution is 2.14. The van der Waals surface area contributed by atoms with Gasteiger partial charge in [-0.1, -0.05) is 109 Å². The molecular weight excluding hydrogens is 438 g/mol. The Hall–Kier alpha value is -1.03. The molecule has 0 aliphatic heterocycles. The van der Waals surface area contributed by atoms with Crippen LogP contribution in [0.15, 0.2) is 24.3 Å². The van der Waals surface area contributed by atoms with E-state index in [1.165, 1.54) is 103 Å². The van der Waals surface area contributed by atoms with Gasteiger partial charge in [-0.15, -0.1) is 17.0 Å². The van der Waals surface area contributed by atoms with Gasteiger partial charge in [-0.25, -0.2) is 0 Å². The van der Waals surface area contributed by atoms with Crippen molar-refractivity contribution in [3.05, 3.63) is 29.8 Å². The summed E-state index contributed by atoms with van der Waals surface area (Å²) in [6.45, 7) is 5.11. The number of nitrogens with one attached hydrogen (secondary N) is 1. The van der Waals surface area contributed by atoms with Gasteiger partial charge in [-0.05, 0) is 24.1 Å². The fourth-order valence-corrected chi connectivity index (χ4v) is 3.63. The Morgan fingerprint density at radius 3 is 1.60 bits per heavy atom. The van der Waals surface area contributed by atoms with E-state index in [9.17, 15) is 4.79 Å². The molecule has 4 heteroatoms. The topological polar surface area (TPSA) is 38.3 Å². The van der Waals surface area contributed by atoms with Gasteiger partial charge in [0.05, 0.1) is 0 Å². The average Bonchev–Trinajstić information content (AvgIpc) is 2.72. The van der Waals surface area contributed by atoms with Crippen LogP contribution in [0.25, 0.3) is 0 Å². The lowest BCUT2D eigenvalue weighted by Gasteiger charge is -2.08. The molecule has 0 aliphatic carbocycles. The first-order valence-electron chi connectivity index (χ1n) is 12.2. The molecule has 0 spiro atoms. The van der Waals surface area contributed by atoms with Crippen molar-refractivity contribution in [3.63, 3.8) is 0 Å². The lowest BCUT2D eigenvalue weighted by Crippen LogP contribution is -2.02. The third-order valence-corrected chi connectivity index (χ3v) is 5.51. The lowest BCUT2D eigenvalue weighted by molar-refractivity contribution is -0.142. The van der Waals surface area contributed by atoms with Crippen molar-refractivity contribution in [1.82, 2.24) is 0 Å². The number of hydrogen-bond donors (Lipinski definition) is 1. The maximum Gasteiger partial charge on any atom is 0.302 e. The zero-order chi connectivity index (χ0) is 21.0. The molecule has 0 amide bonds. The average molecular weight is 485 g/mol. The van der Waals surface area contributed by atoms with Crippen LogP contribution in [-0.4, -0.2) is 12.5 Å². The predicted molar refractivity (Wildman–Crippen MR) is 136 cm³/mol. The van der Waals surface area contributed by atoms with Crippen LogP contribution in [0.1, 0.15) is 116 Å². The summed E-state index contributed by atoms with van der Waals surface area (Å²) in [5, 5.41) is 3.48. The highest BCUT2D eigenvalue weighted by Gasteiger charge is 1.98. The highest BCUT2D eigenvalue weighted by molar-refractivity contribution is 8.93. The SMILES string of the molecule is Br.CCCCCCCCCCCCCCCCCNc1ccc(COC(C)=O)cc1. The number of benzene rings is 1. The highest BCUT2D eigenvalue weighted by atomic mass is 79.9. The molecule has 1 N–H and O–H groups in total. The van der Waals surface area contributed by atoms with Gasteiger partial charge in [0.2, 0.25) is 0 Å². The molecular formula is C26H46BrNO2. The van der Waals surface area contributed by atoms with Gasteiger partial charge in [0, 0.05) is 19.2 Å². The number of carbonyl (C=O) groups excluding carboxylic acids is 1. The van der Waals surface area contributed by atoms with E-state index in [0.29, 0.717) is 6.61 Å². The molecule has 0 fully saturated rings. The molecule has 0 bridgehead atoms. The molecule has 0 saturated heterocycles. The Kier molecular flexibility index (Phi) is 20.5. The van der Waals surface area contributed by atoms with Crippen molar-refractivity contribution in [2.75, 3.05) is 11.9 Å². The van der Waals surface area contributed by atoms with Crippen LogP contribution in [0.2, 0.25) is 0 Å². The summed E-state index contributed by atoms with van der Waals surface area (Å²) in [7, 11) is 0. The lowest BCUT2D eigenvalue weighted by atomic mass is 10.0. The fraction of sp³-hybridized carbons (Fsp3) is 0.731. The number of anilines is 1. The quantitative estimate of drug-likeness (QED) is 0.158. The zero-order valence-corrected chi connectivity index (χ0v) is 21.3. The van der Waals surface area contributed by atoms with Gasteiger partial charge in [-0.3, -0.25) is 4.79 Å². The van der Waals surface area contributed by atoms with Gasteiger partial charge < -0.3 is 10.1 Å². The van der Waals surface area contributed by atoms with Crippen LogP contribution in [-0.2, 0) is 16.1 Å². The van der Waals surface area contributed by atoms with Crippen molar-refractivity contribution in [3.8, 4) is 0 Å². The molecule has 0 unspecified atom stereocenters. The molecule has 174 valence electrons. The minimum absolute atomic E-state index is 0. The van der Waals surface area contributed by atoms with Crippen molar-refractivity contribution in [2.24, 2.45) is 0 Å². The summed E-state index contributed by atoms with van der Waals surface area (Å²) in [4.78, 5) is 10.8. The zero-order valence-electron chi connectivity index (χ0n) is 19.6. The smallest absolute Gasteiger partial charge is 0.302 e. The summed E-state index contributed by atoms with van der Waals surface area (Å²) in [5.41, 5.74) is 2.17. The molecule has 0 aromatic heterocycles. The standard InChI is InChI=1S/C26H45NO2.BrH/c1-3-4-5-6-7-8-9-10-11-12-13-14-15-16-17-22-27-26-20-18-25(19-21-26)23-29-24(2)28;/h18-21,27H,3-17,22-23H2,1-2H3;1H. The van der Waals surface area contributed by atoms with Gasteiger partial charge in [0.15, 0.2) is 0 Å². The van der Waals surface area contributed by atoms with Gasteiger partial charge in [-0.2, -0.15) is 0 Å². The number of esters is 1. The molecule has 0 radical (unpaired) electrons. The second-order valence-corrected chi connectivity index (χ2v) is 8.35. The van der Waals surface area contributed by atoms with Crippen molar-refractivity contribution >= 4 is 28.6 Å². The van der Waals surface area contributed by atoms with E-state index in [4.69, 9.17) is 4.74 Å². The van der Waals surface area contributed by atoms with Crippen LogP contribution in [0.4, 0.5) is 5.69 Å². The number of unbranched alkanes of at least 4 members (excludes halogenated alkanes) is 14. The number of ether oxygens (including phenoxy) is 1. The Balaban J connectivity index is 0.00000841. The van der Waals surface area contributed by atoms with Crippen molar-refractivity contribution in [2.45, 2.75) is 117 Å². The maximum absolute atomic E-state index is 10.8. The first kappa shape index (κ1) is 29.0. The summed E-state index contributed by atoms with van der Waals surface area (Å²) in [6.07, 6.45) is 21.0. The van der Waals surface area contributed by atoms with E-state index >= 15 is 0 Å². The molecule has 1 aromatic rings. The van der Waals surface area contributed by atoms with Crippen LogP contribution in [0, 0.1) is 0 Å². The molecule has 0 saturated carbocycles. The summed E-state index contributed by atoms with van der Waals surface area (Å²) in [5.74, 6) is -0.236.